The molecule has 2 aliphatic rings. The third kappa shape index (κ3) is 4.65. The molecule has 1 aromatic carbocycles. The van der Waals surface area contributed by atoms with Gasteiger partial charge in [0.25, 0.3) is 5.91 Å². The van der Waals surface area contributed by atoms with Crippen LogP contribution in [0.15, 0.2) is 18.2 Å². The van der Waals surface area contributed by atoms with Crippen LogP contribution in [0.5, 0.6) is 0 Å². The molecule has 5 N–H and O–H groups in total. The van der Waals surface area contributed by atoms with Gasteiger partial charge in [-0.3, -0.25) is 19.2 Å². The number of nitrogen functional groups attached to an aromatic ring is 1. The minimum Gasteiger partial charge on any atom is -0.434 e. The molecule has 1 unspecified atom stereocenters. The van der Waals surface area contributed by atoms with Gasteiger partial charge in [-0.2, -0.15) is 0 Å². The highest BCUT2D eigenvalue weighted by Crippen LogP contribution is 2.22. The van der Waals surface area contributed by atoms with E-state index >= 15 is 0 Å². The van der Waals surface area contributed by atoms with Gasteiger partial charge in [0.1, 0.15) is 18.1 Å². The zero-order chi connectivity index (χ0) is 22.0. The van der Waals surface area contributed by atoms with E-state index in [1.807, 2.05) is 0 Å². The van der Waals surface area contributed by atoms with Gasteiger partial charge < -0.3 is 31.1 Å². The molecule has 30 heavy (non-hydrogen) atoms. The molecule has 2 heterocycles. The average molecular weight is 439 g/mol. The number of aliphatic hydroxyl groups is 1. The summed E-state index contributed by atoms with van der Waals surface area (Å²) in [6, 6.07) is 1.91. The van der Waals surface area contributed by atoms with Crippen LogP contribution in [0.1, 0.15) is 36.5 Å². The van der Waals surface area contributed by atoms with Crippen LogP contribution in [0.4, 0.5) is 5.69 Å². The summed E-state index contributed by atoms with van der Waals surface area (Å²) in [7, 11) is 0. The second-order valence-corrected chi connectivity index (χ2v) is 7.73. The van der Waals surface area contributed by atoms with Gasteiger partial charge in [-0.05, 0) is 38.0 Å². The standard InChI is InChI=1S/C19H23ClN4O6/c1-9(22-16(26)10-4-5-12(21)11(20)7-10)18(28)24-6-2-3-14(24)17(27)23-13-8-15(25)30-19(13)29/h4-5,7,9,13-14,19,29H,2-3,6,8,21H2,1H3,(H,22,26)(H,23,27)/t9-,13-,14-,19?/m0/s1. The number of likely N-dealkylation sites (tertiary alicyclic amines) is 1. The van der Waals surface area contributed by atoms with Crippen LogP contribution < -0.4 is 16.4 Å². The quantitative estimate of drug-likeness (QED) is 0.366. The van der Waals surface area contributed by atoms with Gasteiger partial charge in [-0.1, -0.05) is 11.6 Å². The monoisotopic (exact) mass is 438 g/mol. The molecule has 1 aromatic rings. The molecule has 2 aliphatic heterocycles. The number of cyclic esters (lactones) is 1. The molecular formula is C19H23ClN4O6. The Morgan fingerprint density at radius 3 is 2.73 bits per heavy atom. The third-order valence-electron chi connectivity index (χ3n) is 5.13. The van der Waals surface area contributed by atoms with Crippen molar-refractivity contribution in [3.05, 3.63) is 28.8 Å². The maximum atomic E-state index is 12.9. The molecule has 3 rings (SSSR count). The van der Waals surface area contributed by atoms with E-state index in [1.165, 1.54) is 30.0 Å². The molecule has 0 saturated carbocycles. The summed E-state index contributed by atoms with van der Waals surface area (Å²) < 4.78 is 4.61. The maximum absolute atomic E-state index is 12.9. The Morgan fingerprint density at radius 2 is 2.10 bits per heavy atom. The second-order valence-electron chi connectivity index (χ2n) is 7.32. The van der Waals surface area contributed by atoms with Crippen LogP contribution in [0.25, 0.3) is 0 Å². The van der Waals surface area contributed by atoms with Crippen molar-refractivity contribution in [2.75, 3.05) is 12.3 Å². The normalized spacial score (nSPS) is 24.3. The van der Waals surface area contributed by atoms with Gasteiger partial charge in [-0.15, -0.1) is 0 Å². The Labute approximate surface area is 177 Å². The van der Waals surface area contributed by atoms with Crippen molar-refractivity contribution in [1.82, 2.24) is 15.5 Å². The highest BCUT2D eigenvalue weighted by molar-refractivity contribution is 6.33. The number of halogens is 1. The molecule has 4 atom stereocenters. The molecule has 0 bridgehead atoms. The number of hydrogen-bond donors (Lipinski definition) is 4. The molecule has 3 amide bonds. The van der Waals surface area contributed by atoms with Gasteiger partial charge in [0.2, 0.25) is 18.1 Å². The van der Waals surface area contributed by atoms with E-state index in [0.29, 0.717) is 25.1 Å². The summed E-state index contributed by atoms with van der Waals surface area (Å²) in [5.41, 5.74) is 6.22. The molecule has 10 nitrogen and oxygen atoms in total. The van der Waals surface area contributed by atoms with Crippen LogP contribution in [0.3, 0.4) is 0 Å². The first-order valence-corrected chi connectivity index (χ1v) is 9.89. The van der Waals surface area contributed by atoms with Crippen molar-refractivity contribution in [2.45, 2.75) is 50.6 Å². The molecule has 0 radical (unpaired) electrons. The lowest BCUT2D eigenvalue weighted by Gasteiger charge is -2.28. The van der Waals surface area contributed by atoms with E-state index < -0.39 is 48.1 Å². The number of nitrogens with two attached hydrogens (primary N) is 1. The summed E-state index contributed by atoms with van der Waals surface area (Å²) in [5, 5.41) is 15.0. The Hall–Kier alpha value is -2.85. The number of benzene rings is 1. The molecule has 2 saturated heterocycles. The van der Waals surface area contributed by atoms with Crippen molar-refractivity contribution >= 4 is 41.0 Å². The topological polar surface area (TPSA) is 151 Å². The third-order valence-corrected chi connectivity index (χ3v) is 5.46. The Morgan fingerprint density at radius 1 is 1.37 bits per heavy atom. The number of amides is 3. The first kappa shape index (κ1) is 21.8. The number of esters is 1. The molecule has 0 spiro atoms. The number of nitrogens with one attached hydrogen (secondary N) is 2. The van der Waals surface area contributed by atoms with Gasteiger partial charge >= 0.3 is 5.97 Å². The van der Waals surface area contributed by atoms with E-state index in [2.05, 4.69) is 15.4 Å². The number of hydrogen-bond acceptors (Lipinski definition) is 7. The van der Waals surface area contributed by atoms with Crippen LogP contribution >= 0.6 is 11.6 Å². The lowest BCUT2D eigenvalue weighted by Crippen LogP contribution is -2.54. The highest BCUT2D eigenvalue weighted by atomic mass is 35.5. The predicted octanol–water partition coefficient (Wildman–Crippen LogP) is -0.218. The average Bonchev–Trinajstić information content (AvgIpc) is 3.29. The summed E-state index contributed by atoms with van der Waals surface area (Å²) in [6.45, 7) is 1.88. The molecule has 2 fully saturated rings. The van der Waals surface area contributed by atoms with E-state index in [0.717, 1.165) is 0 Å². The zero-order valence-electron chi connectivity index (χ0n) is 16.3. The molecular weight excluding hydrogens is 416 g/mol. The minimum atomic E-state index is -1.41. The first-order valence-electron chi connectivity index (χ1n) is 9.51. The Bertz CT molecular complexity index is 879. The van der Waals surface area contributed by atoms with E-state index in [-0.39, 0.29) is 17.0 Å². The van der Waals surface area contributed by atoms with Crippen molar-refractivity contribution < 1.29 is 29.0 Å². The van der Waals surface area contributed by atoms with Crippen LogP contribution in [-0.2, 0) is 19.1 Å². The number of anilines is 1. The fourth-order valence-electron chi connectivity index (χ4n) is 3.51. The first-order chi connectivity index (χ1) is 14.2. The maximum Gasteiger partial charge on any atom is 0.310 e. The summed E-state index contributed by atoms with van der Waals surface area (Å²) in [4.78, 5) is 50.5. The highest BCUT2D eigenvalue weighted by Gasteiger charge is 2.40. The SMILES string of the molecule is C[C@H](NC(=O)c1ccc(N)c(Cl)c1)C(=O)N1CCC[C@H]1C(=O)N[C@H]1CC(=O)OC1O. The molecule has 0 aliphatic carbocycles. The Kier molecular flexibility index (Phi) is 6.47. The summed E-state index contributed by atoms with van der Waals surface area (Å²) in [5.74, 6) is -2.00. The van der Waals surface area contributed by atoms with E-state index in [9.17, 15) is 24.3 Å². The summed E-state index contributed by atoms with van der Waals surface area (Å²) in [6.07, 6.45) is -0.495. The number of nitrogens with zero attached hydrogens (tertiary/aromatic N) is 1. The molecule has 11 heteroatoms. The number of rotatable bonds is 5. The lowest BCUT2D eigenvalue weighted by molar-refractivity contribution is -0.155. The number of carbonyl (C=O) groups is 4. The zero-order valence-corrected chi connectivity index (χ0v) is 17.0. The van der Waals surface area contributed by atoms with Gasteiger partial charge in [0, 0.05) is 12.1 Å². The largest absolute Gasteiger partial charge is 0.434 e. The molecule has 0 aromatic heterocycles. The van der Waals surface area contributed by atoms with Crippen LogP contribution in [-0.4, -0.2) is 64.7 Å². The van der Waals surface area contributed by atoms with Crippen molar-refractivity contribution in [2.24, 2.45) is 0 Å². The number of aliphatic hydroxyl groups excluding tert-OH is 1. The predicted molar refractivity (Wildman–Crippen MR) is 106 cm³/mol. The number of ether oxygens (including phenoxy) is 1. The Balaban J connectivity index is 1.61. The van der Waals surface area contributed by atoms with E-state index in [4.69, 9.17) is 17.3 Å². The van der Waals surface area contributed by atoms with Crippen LogP contribution in [0, 0.1) is 0 Å². The fraction of sp³-hybridized carbons (Fsp3) is 0.474. The van der Waals surface area contributed by atoms with Gasteiger partial charge in [0.15, 0.2) is 0 Å². The lowest BCUT2D eigenvalue weighted by atomic mass is 10.1. The van der Waals surface area contributed by atoms with Crippen molar-refractivity contribution in [1.29, 1.82) is 0 Å². The second kappa shape index (κ2) is 8.88. The summed E-state index contributed by atoms with van der Waals surface area (Å²) >= 11 is 5.93. The van der Waals surface area contributed by atoms with Crippen molar-refractivity contribution in [3.8, 4) is 0 Å². The van der Waals surface area contributed by atoms with E-state index in [1.54, 1.807) is 0 Å². The minimum absolute atomic E-state index is 0.135. The number of carbonyl (C=O) groups excluding carboxylic acids is 4. The fourth-order valence-corrected chi connectivity index (χ4v) is 3.69. The van der Waals surface area contributed by atoms with Crippen LogP contribution in [0.2, 0.25) is 5.02 Å². The van der Waals surface area contributed by atoms with Gasteiger partial charge in [-0.25, -0.2) is 0 Å². The van der Waals surface area contributed by atoms with Gasteiger partial charge in [0.05, 0.1) is 17.1 Å². The van der Waals surface area contributed by atoms with Crippen molar-refractivity contribution in [3.63, 3.8) is 0 Å². The molecule has 162 valence electrons. The smallest absolute Gasteiger partial charge is 0.310 e.